The van der Waals surface area contributed by atoms with Gasteiger partial charge in [-0.05, 0) is 58.0 Å². The maximum Gasteiger partial charge on any atom is 0.236 e. The van der Waals surface area contributed by atoms with Gasteiger partial charge in [0.25, 0.3) is 0 Å². The van der Waals surface area contributed by atoms with E-state index in [1.807, 2.05) is 24.9 Å². The van der Waals surface area contributed by atoms with Crippen LogP contribution in [0.25, 0.3) is 22.2 Å². The highest BCUT2D eigenvalue weighted by molar-refractivity contribution is 5.80. The van der Waals surface area contributed by atoms with Crippen molar-refractivity contribution >= 4 is 16.9 Å². The SMILES string of the molecule is CC1CN(C(=O)CN2CCC(c3ccc4cc(-c5cncnc5)cnc4n3)CC2)CC(C)O1. The minimum absolute atomic E-state index is 0.105. The summed E-state index contributed by atoms with van der Waals surface area (Å²) >= 11 is 0. The molecule has 0 N–H and O–H groups in total. The molecule has 2 saturated heterocycles. The van der Waals surface area contributed by atoms with E-state index in [9.17, 15) is 4.79 Å². The lowest BCUT2D eigenvalue weighted by molar-refractivity contribution is -0.144. The Hall–Kier alpha value is -2.97. The molecule has 2 fully saturated rings. The van der Waals surface area contributed by atoms with Crippen LogP contribution in [0.1, 0.15) is 38.3 Å². The number of fused-ring (bicyclic) bond motifs is 1. The molecule has 0 spiro atoms. The lowest BCUT2D eigenvalue weighted by atomic mass is 9.92. The van der Waals surface area contributed by atoms with Crippen molar-refractivity contribution in [3.8, 4) is 11.1 Å². The van der Waals surface area contributed by atoms with Gasteiger partial charge in [-0.1, -0.05) is 0 Å². The van der Waals surface area contributed by atoms with Crippen LogP contribution in [0.5, 0.6) is 0 Å². The molecule has 8 heteroatoms. The molecule has 0 radical (unpaired) electrons. The van der Waals surface area contributed by atoms with E-state index in [0.717, 1.165) is 53.8 Å². The predicted molar refractivity (Wildman–Crippen MR) is 126 cm³/mol. The lowest BCUT2D eigenvalue weighted by Gasteiger charge is -2.37. The number of ether oxygens (including phenoxy) is 1. The number of hydrogen-bond donors (Lipinski definition) is 0. The van der Waals surface area contributed by atoms with Gasteiger partial charge in [0.05, 0.1) is 18.8 Å². The van der Waals surface area contributed by atoms with Gasteiger partial charge in [0, 0.05) is 59.8 Å². The first-order chi connectivity index (χ1) is 16.0. The zero-order chi connectivity index (χ0) is 22.8. The van der Waals surface area contributed by atoms with E-state index < -0.39 is 0 Å². The molecule has 3 aromatic heterocycles. The van der Waals surface area contributed by atoms with Crippen molar-refractivity contribution in [1.29, 1.82) is 0 Å². The highest BCUT2D eigenvalue weighted by Crippen LogP contribution is 2.29. The Morgan fingerprint density at radius 2 is 1.76 bits per heavy atom. The number of amides is 1. The van der Waals surface area contributed by atoms with Crippen LogP contribution in [0.3, 0.4) is 0 Å². The number of pyridine rings is 2. The third-order valence-corrected chi connectivity index (χ3v) is 6.59. The highest BCUT2D eigenvalue weighted by Gasteiger charge is 2.29. The molecule has 2 unspecified atom stereocenters. The monoisotopic (exact) mass is 446 g/mol. The molecule has 5 heterocycles. The van der Waals surface area contributed by atoms with Crippen molar-refractivity contribution in [3.05, 3.63) is 48.8 Å². The Kier molecular flexibility index (Phi) is 6.28. The second-order valence-corrected chi connectivity index (χ2v) is 9.24. The number of rotatable bonds is 4. The Bertz CT molecular complexity index is 1110. The molecule has 0 bridgehead atoms. The molecule has 3 aromatic rings. The fraction of sp³-hybridized carbons (Fsp3) is 0.480. The van der Waals surface area contributed by atoms with Crippen LogP contribution in [0.15, 0.2) is 43.1 Å². The van der Waals surface area contributed by atoms with Crippen LogP contribution in [0.4, 0.5) is 0 Å². The van der Waals surface area contributed by atoms with Gasteiger partial charge in [-0.25, -0.2) is 19.9 Å². The van der Waals surface area contributed by atoms with Gasteiger partial charge < -0.3 is 9.64 Å². The van der Waals surface area contributed by atoms with Crippen LogP contribution < -0.4 is 0 Å². The van der Waals surface area contributed by atoms with Crippen molar-refractivity contribution in [2.45, 2.75) is 44.8 Å². The second-order valence-electron chi connectivity index (χ2n) is 9.24. The summed E-state index contributed by atoms with van der Waals surface area (Å²) in [6.07, 6.45) is 9.15. The number of piperidine rings is 1. The highest BCUT2D eigenvalue weighted by atomic mass is 16.5. The summed E-state index contributed by atoms with van der Waals surface area (Å²) < 4.78 is 5.75. The molecular formula is C25H30N6O2. The van der Waals surface area contributed by atoms with E-state index in [1.54, 1.807) is 12.4 Å². The summed E-state index contributed by atoms with van der Waals surface area (Å²) in [5, 5.41) is 1.01. The van der Waals surface area contributed by atoms with Gasteiger partial charge in [-0.3, -0.25) is 9.69 Å². The standard InChI is InChI=1S/C25H30N6O2/c1-17-13-31(14-18(2)33-17)24(32)15-30-7-5-19(6-8-30)23-4-3-20-9-21(12-28-25(20)29-23)22-10-26-16-27-11-22/h3-4,9-12,16-19H,5-8,13-15H2,1-2H3. The van der Waals surface area contributed by atoms with Gasteiger partial charge in [-0.2, -0.15) is 0 Å². The molecule has 172 valence electrons. The molecule has 0 aliphatic carbocycles. The van der Waals surface area contributed by atoms with Crippen molar-refractivity contribution in [2.75, 3.05) is 32.7 Å². The van der Waals surface area contributed by atoms with Crippen LogP contribution in [0, 0.1) is 0 Å². The first-order valence-electron chi connectivity index (χ1n) is 11.7. The first-order valence-corrected chi connectivity index (χ1v) is 11.7. The van der Waals surface area contributed by atoms with E-state index in [2.05, 4.69) is 38.1 Å². The Morgan fingerprint density at radius 1 is 1.03 bits per heavy atom. The molecule has 2 aliphatic rings. The van der Waals surface area contributed by atoms with Crippen molar-refractivity contribution in [1.82, 2.24) is 29.7 Å². The van der Waals surface area contributed by atoms with E-state index in [4.69, 9.17) is 9.72 Å². The molecule has 5 rings (SSSR count). The average Bonchev–Trinajstić information content (AvgIpc) is 2.84. The molecule has 0 saturated carbocycles. The fourth-order valence-corrected chi connectivity index (χ4v) is 4.92. The number of aromatic nitrogens is 4. The Labute approximate surface area is 194 Å². The first kappa shape index (κ1) is 21.9. The quantitative estimate of drug-likeness (QED) is 0.609. The number of nitrogens with zero attached hydrogens (tertiary/aromatic N) is 6. The second kappa shape index (κ2) is 9.49. The van der Waals surface area contributed by atoms with Gasteiger partial charge in [0.1, 0.15) is 6.33 Å². The lowest BCUT2D eigenvalue weighted by Crippen LogP contribution is -2.51. The summed E-state index contributed by atoms with van der Waals surface area (Å²) in [4.78, 5) is 34.6. The number of carbonyl (C=O) groups is 1. The van der Waals surface area contributed by atoms with Gasteiger partial charge in [-0.15, -0.1) is 0 Å². The minimum atomic E-state index is 0.105. The summed E-state index contributed by atoms with van der Waals surface area (Å²) in [7, 11) is 0. The molecule has 2 aliphatic heterocycles. The topological polar surface area (TPSA) is 84.3 Å². The van der Waals surface area contributed by atoms with Gasteiger partial charge in [0.2, 0.25) is 5.91 Å². The number of carbonyl (C=O) groups excluding carboxylic acids is 1. The minimum Gasteiger partial charge on any atom is -0.372 e. The summed E-state index contributed by atoms with van der Waals surface area (Å²) in [6, 6.07) is 6.31. The van der Waals surface area contributed by atoms with Crippen LogP contribution in [-0.2, 0) is 9.53 Å². The third-order valence-electron chi connectivity index (χ3n) is 6.59. The van der Waals surface area contributed by atoms with Crippen LogP contribution in [-0.4, -0.2) is 80.6 Å². The zero-order valence-corrected chi connectivity index (χ0v) is 19.2. The van der Waals surface area contributed by atoms with Crippen molar-refractivity contribution in [3.63, 3.8) is 0 Å². The molecule has 2 atom stereocenters. The largest absolute Gasteiger partial charge is 0.372 e. The van der Waals surface area contributed by atoms with Crippen LogP contribution >= 0.6 is 0 Å². The summed E-state index contributed by atoms with van der Waals surface area (Å²) in [5.74, 6) is 0.608. The van der Waals surface area contributed by atoms with Gasteiger partial charge >= 0.3 is 0 Å². The van der Waals surface area contributed by atoms with E-state index >= 15 is 0 Å². The smallest absolute Gasteiger partial charge is 0.236 e. The Balaban J connectivity index is 1.20. The zero-order valence-electron chi connectivity index (χ0n) is 19.2. The molecule has 0 aromatic carbocycles. The van der Waals surface area contributed by atoms with E-state index in [0.29, 0.717) is 25.6 Å². The Morgan fingerprint density at radius 3 is 2.48 bits per heavy atom. The number of morpholine rings is 1. The molecule has 1 amide bonds. The van der Waals surface area contributed by atoms with Gasteiger partial charge in [0.15, 0.2) is 5.65 Å². The predicted octanol–water partition coefficient (Wildman–Crippen LogP) is 2.90. The number of likely N-dealkylation sites (tertiary alicyclic amines) is 1. The summed E-state index contributed by atoms with van der Waals surface area (Å²) in [5.41, 5.74) is 3.78. The fourth-order valence-electron chi connectivity index (χ4n) is 4.92. The summed E-state index contributed by atoms with van der Waals surface area (Å²) in [6.45, 7) is 7.75. The average molecular weight is 447 g/mol. The molecule has 33 heavy (non-hydrogen) atoms. The maximum absolute atomic E-state index is 12.8. The van der Waals surface area contributed by atoms with E-state index in [-0.39, 0.29) is 18.1 Å². The van der Waals surface area contributed by atoms with E-state index in [1.165, 1.54) is 6.33 Å². The third kappa shape index (κ3) is 5.02. The van der Waals surface area contributed by atoms with Crippen molar-refractivity contribution < 1.29 is 9.53 Å². The van der Waals surface area contributed by atoms with Crippen molar-refractivity contribution in [2.24, 2.45) is 0 Å². The van der Waals surface area contributed by atoms with Crippen LogP contribution in [0.2, 0.25) is 0 Å². The maximum atomic E-state index is 12.8. The molecule has 8 nitrogen and oxygen atoms in total. The number of hydrogen-bond acceptors (Lipinski definition) is 7. The normalized spacial score (nSPS) is 22.5. The molecular weight excluding hydrogens is 416 g/mol.